The van der Waals surface area contributed by atoms with Crippen molar-refractivity contribution in [1.82, 2.24) is 5.32 Å². The summed E-state index contributed by atoms with van der Waals surface area (Å²) >= 11 is 1.33. The van der Waals surface area contributed by atoms with E-state index in [1.807, 2.05) is 24.3 Å². The van der Waals surface area contributed by atoms with Gasteiger partial charge in [-0.1, -0.05) is 18.2 Å². The molecule has 1 amide bonds. The topological polar surface area (TPSA) is 66.4 Å². The van der Waals surface area contributed by atoms with Crippen molar-refractivity contribution >= 4 is 33.3 Å². The average molecular weight is 263 g/mol. The summed E-state index contributed by atoms with van der Waals surface area (Å²) in [5.74, 6) is -1.66. The molecule has 0 fully saturated rings. The molecular formula is C13H13NO3S. The summed E-state index contributed by atoms with van der Waals surface area (Å²) < 4.78 is 0.976. The Hall–Kier alpha value is -1.88. The average Bonchev–Trinajstić information content (AvgIpc) is 2.80. The summed E-state index contributed by atoms with van der Waals surface area (Å²) in [6.07, 6.45) is 0. The van der Waals surface area contributed by atoms with Crippen LogP contribution in [0.25, 0.3) is 10.1 Å². The standard InChI is InChI=1S/C13H13NO3S/c1-13(12(16)17,11(15)14-2)10-7-8-5-3-4-6-9(8)18-10/h3-7H,1-2H3,(H,14,15)(H,16,17). The quantitative estimate of drug-likeness (QED) is 0.832. The van der Waals surface area contributed by atoms with Gasteiger partial charge in [0.1, 0.15) is 0 Å². The third-order valence-electron chi connectivity index (χ3n) is 3.03. The lowest BCUT2D eigenvalue weighted by atomic mass is 9.87. The number of carbonyl (C=O) groups is 2. The van der Waals surface area contributed by atoms with Crippen molar-refractivity contribution in [1.29, 1.82) is 0 Å². The maximum atomic E-state index is 11.9. The fourth-order valence-corrected chi connectivity index (χ4v) is 2.99. The highest BCUT2D eigenvalue weighted by atomic mass is 32.1. The number of benzene rings is 1. The van der Waals surface area contributed by atoms with Crippen molar-refractivity contribution in [3.05, 3.63) is 35.2 Å². The number of likely N-dealkylation sites (N-methyl/N-ethyl adjacent to an activating group) is 1. The first-order valence-electron chi connectivity index (χ1n) is 5.44. The number of fused-ring (bicyclic) bond motifs is 1. The van der Waals surface area contributed by atoms with E-state index in [4.69, 9.17) is 0 Å². The van der Waals surface area contributed by atoms with Gasteiger partial charge in [0.05, 0.1) is 0 Å². The molecule has 0 bridgehead atoms. The van der Waals surface area contributed by atoms with E-state index >= 15 is 0 Å². The van der Waals surface area contributed by atoms with Gasteiger partial charge >= 0.3 is 5.97 Å². The lowest BCUT2D eigenvalue weighted by Gasteiger charge is -2.21. The molecule has 0 saturated heterocycles. The van der Waals surface area contributed by atoms with Crippen LogP contribution in [0.4, 0.5) is 0 Å². The van der Waals surface area contributed by atoms with Crippen LogP contribution in [0.2, 0.25) is 0 Å². The number of rotatable bonds is 3. The summed E-state index contributed by atoms with van der Waals surface area (Å²) in [7, 11) is 1.44. The number of hydrogen-bond acceptors (Lipinski definition) is 3. The molecule has 18 heavy (non-hydrogen) atoms. The molecule has 2 N–H and O–H groups in total. The second-order valence-corrected chi connectivity index (χ2v) is 5.24. The van der Waals surface area contributed by atoms with Gasteiger partial charge < -0.3 is 10.4 Å². The van der Waals surface area contributed by atoms with Crippen LogP contribution in [0, 0.1) is 0 Å². The van der Waals surface area contributed by atoms with Crippen molar-refractivity contribution in [3.63, 3.8) is 0 Å². The third kappa shape index (κ3) is 1.76. The third-order valence-corrected chi connectivity index (χ3v) is 4.36. The SMILES string of the molecule is CNC(=O)C(C)(C(=O)O)c1cc2ccccc2s1. The van der Waals surface area contributed by atoms with Gasteiger partial charge in [-0.25, -0.2) is 0 Å². The first kappa shape index (κ1) is 12.6. The van der Waals surface area contributed by atoms with E-state index in [1.165, 1.54) is 25.3 Å². The minimum Gasteiger partial charge on any atom is -0.480 e. The highest BCUT2D eigenvalue weighted by Crippen LogP contribution is 2.35. The van der Waals surface area contributed by atoms with E-state index in [0.717, 1.165) is 10.1 Å². The second-order valence-electron chi connectivity index (χ2n) is 4.16. The minimum absolute atomic E-state index is 0.512. The number of amides is 1. The minimum atomic E-state index is -1.54. The Labute approximate surface area is 108 Å². The van der Waals surface area contributed by atoms with Crippen LogP contribution >= 0.6 is 11.3 Å². The molecule has 94 valence electrons. The van der Waals surface area contributed by atoms with Crippen LogP contribution in [0.3, 0.4) is 0 Å². The Balaban J connectivity index is 2.62. The van der Waals surface area contributed by atoms with Gasteiger partial charge in [-0.15, -0.1) is 11.3 Å². The Bertz CT molecular complexity index is 586. The number of carboxylic acid groups (broad SMARTS) is 1. The number of nitrogens with one attached hydrogen (secondary N) is 1. The Kier molecular flexibility index (Phi) is 3.09. The molecule has 1 heterocycles. The smallest absolute Gasteiger partial charge is 0.324 e. The van der Waals surface area contributed by atoms with Crippen LogP contribution in [0.1, 0.15) is 11.8 Å². The highest BCUT2D eigenvalue weighted by molar-refractivity contribution is 7.19. The molecule has 0 aliphatic rings. The highest BCUT2D eigenvalue weighted by Gasteiger charge is 2.44. The van der Waals surface area contributed by atoms with Crippen molar-refractivity contribution in [2.75, 3.05) is 7.05 Å². The molecule has 4 nitrogen and oxygen atoms in total. The van der Waals surface area contributed by atoms with Crippen LogP contribution in [-0.4, -0.2) is 24.0 Å². The van der Waals surface area contributed by atoms with E-state index in [2.05, 4.69) is 5.32 Å². The van der Waals surface area contributed by atoms with Gasteiger partial charge in [0.25, 0.3) is 0 Å². The molecule has 5 heteroatoms. The molecule has 0 spiro atoms. The lowest BCUT2D eigenvalue weighted by molar-refractivity contribution is -0.148. The molecule has 1 aromatic heterocycles. The van der Waals surface area contributed by atoms with E-state index in [9.17, 15) is 14.7 Å². The van der Waals surface area contributed by atoms with Crippen LogP contribution in [-0.2, 0) is 15.0 Å². The molecule has 1 aromatic carbocycles. The monoisotopic (exact) mass is 263 g/mol. The molecule has 0 saturated carbocycles. The number of carboxylic acids is 1. The number of hydrogen-bond donors (Lipinski definition) is 2. The zero-order valence-electron chi connectivity index (χ0n) is 10.1. The first-order valence-corrected chi connectivity index (χ1v) is 6.26. The Morgan fingerprint density at radius 2 is 2.00 bits per heavy atom. The van der Waals surface area contributed by atoms with Gasteiger partial charge in [-0.05, 0) is 24.4 Å². The summed E-state index contributed by atoms with van der Waals surface area (Å²) in [6.45, 7) is 1.43. The van der Waals surface area contributed by atoms with Crippen LogP contribution < -0.4 is 5.32 Å². The first-order chi connectivity index (χ1) is 8.50. The number of aliphatic carboxylic acids is 1. The fourth-order valence-electron chi connectivity index (χ4n) is 1.79. The zero-order valence-corrected chi connectivity index (χ0v) is 10.9. The molecule has 2 aromatic rings. The normalized spacial score (nSPS) is 14.1. The molecule has 1 atom stereocenters. The largest absolute Gasteiger partial charge is 0.480 e. The molecule has 2 rings (SSSR count). The molecule has 0 radical (unpaired) electrons. The summed E-state index contributed by atoms with van der Waals surface area (Å²) in [4.78, 5) is 23.8. The Morgan fingerprint density at radius 3 is 2.56 bits per heavy atom. The van der Waals surface area contributed by atoms with Crippen molar-refractivity contribution in [3.8, 4) is 0 Å². The van der Waals surface area contributed by atoms with Gasteiger partial charge in [-0.3, -0.25) is 9.59 Å². The van der Waals surface area contributed by atoms with E-state index in [0.29, 0.717) is 4.88 Å². The van der Waals surface area contributed by atoms with Crippen LogP contribution in [0.5, 0.6) is 0 Å². The molecule has 0 aliphatic carbocycles. The van der Waals surface area contributed by atoms with Crippen molar-refractivity contribution in [2.45, 2.75) is 12.3 Å². The van der Waals surface area contributed by atoms with Gasteiger partial charge in [-0.2, -0.15) is 0 Å². The van der Waals surface area contributed by atoms with Crippen molar-refractivity contribution < 1.29 is 14.7 Å². The number of carbonyl (C=O) groups excluding carboxylic acids is 1. The predicted octanol–water partition coefficient (Wildman–Crippen LogP) is 1.99. The van der Waals surface area contributed by atoms with E-state index in [-0.39, 0.29) is 0 Å². The summed E-state index contributed by atoms with van der Waals surface area (Å²) in [6, 6.07) is 9.36. The zero-order chi connectivity index (χ0) is 13.3. The second kappa shape index (κ2) is 4.42. The Morgan fingerprint density at radius 1 is 1.33 bits per heavy atom. The van der Waals surface area contributed by atoms with Crippen LogP contribution in [0.15, 0.2) is 30.3 Å². The summed E-state index contributed by atoms with van der Waals surface area (Å²) in [5.41, 5.74) is -1.54. The van der Waals surface area contributed by atoms with E-state index in [1.54, 1.807) is 6.07 Å². The van der Waals surface area contributed by atoms with Gasteiger partial charge in [0.15, 0.2) is 5.41 Å². The van der Waals surface area contributed by atoms with Crippen molar-refractivity contribution in [2.24, 2.45) is 0 Å². The molecule has 0 aliphatic heterocycles. The predicted molar refractivity (Wildman–Crippen MR) is 70.9 cm³/mol. The molecular weight excluding hydrogens is 250 g/mol. The summed E-state index contributed by atoms with van der Waals surface area (Å²) in [5, 5.41) is 12.7. The number of thiophene rings is 1. The lowest BCUT2D eigenvalue weighted by Crippen LogP contribution is -2.46. The maximum absolute atomic E-state index is 11.9. The van der Waals surface area contributed by atoms with E-state index < -0.39 is 17.3 Å². The molecule has 1 unspecified atom stereocenters. The fraction of sp³-hybridized carbons (Fsp3) is 0.231. The maximum Gasteiger partial charge on any atom is 0.324 e. The van der Waals surface area contributed by atoms with Gasteiger partial charge in [0.2, 0.25) is 5.91 Å². The van der Waals surface area contributed by atoms with Gasteiger partial charge in [0, 0.05) is 16.6 Å².